The summed E-state index contributed by atoms with van der Waals surface area (Å²) < 4.78 is 15.7. The van der Waals surface area contributed by atoms with Gasteiger partial charge in [0.15, 0.2) is 11.5 Å². The molecule has 6 heteroatoms. The number of hydrogen-bond acceptors (Lipinski definition) is 5. The Morgan fingerprint density at radius 1 is 1.47 bits per heavy atom. The summed E-state index contributed by atoms with van der Waals surface area (Å²) in [4.78, 5) is 11.5. The maximum atomic E-state index is 11.5. The fourth-order valence-corrected chi connectivity index (χ4v) is 1.67. The van der Waals surface area contributed by atoms with E-state index in [9.17, 15) is 4.79 Å². The lowest BCUT2D eigenvalue weighted by Crippen LogP contribution is -2.19. The molecule has 1 heterocycles. The van der Waals surface area contributed by atoms with Crippen LogP contribution in [0.1, 0.15) is 5.56 Å². The Morgan fingerprint density at radius 2 is 2.16 bits per heavy atom. The first-order chi connectivity index (χ1) is 9.19. The van der Waals surface area contributed by atoms with Gasteiger partial charge in [-0.25, -0.2) is 0 Å². The number of ether oxygens (including phenoxy) is 3. The van der Waals surface area contributed by atoms with Gasteiger partial charge in [0, 0.05) is 18.7 Å². The predicted molar refractivity (Wildman–Crippen MR) is 66.8 cm³/mol. The van der Waals surface area contributed by atoms with Crippen LogP contribution in [-0.4, -0.2) is 26.9 Å². The minimum absolute atomic E-state index is 0.0142. The maximum Gasteiger partial charge on any atom is 0.261 e. The van der Waals surface area contributed by atoms with E-state index in [-0.39, 0.29) is 12.4 Å². The minimum Gasteiger partial charge on any atom is -0.496 e. The molecule has 1 aromatic rings. The summed E-state index contributed by atoms with van der Waals surface area (Å²) in [5, 5.41) is 11.4. The summed E-state index contributed by atoms with van der Waals surface area (Å²) in [5.41, 5.74) is 0.562. The first-order valence-electron chi connectivity index (χ1n) is 5.51. The van der Waals surface area contributed by atoms with Crippen molar-refractivity contribution >= 4 is 12.0 Å². The lowest BCUT2D eigenvalue weighted by Gasteiger charge is -2.07. The molecule has 1 aliphatic rings. The fraction of sp³-hybridized carbons (Fsp3) is 0.231. The second-order valence-corrected chi connectivity index (χ2v) is 3.70. The number of nitrogens with one attached hydrogen (secondary N) is 1. The second kappa shape index (κ2) is 5.31. The van der Waals surface area contributed by atoms with Crippen LogP contribution in [-0.2, 0) is 4.79 Å². The number of carbonyl (C=O) groups is 1. The number of benzene rings is 1. The van der Waals surface area contributed by atoms with E-state index in [1.54, 1.807) is 12.1 Å². The molecule has 0 saturated carbocycles. The molecule has 0 atom stereocenters. The van der Waals surface area contributed by atoms with Crippen molar-refractivity contribution in [3.63, 3.8) is 0 Å². The highest BCUT2D eigenvalue weighted by Crippen LogP contribution is 2.38. The van der Waals surface area contributed by atoms with E-state index in [1.807, 2.05) is 6.07 Å². The van der Waals surface area contributed by atoms with Gasteiger partial charge in [-0.1, -0.05) is 0 Å². The van der Waals surface area contributed by atoms with E-state index in [2.05, 4.69) is 5.32 Å². The molecule has 1 N–H and O–H groups in total. The van der Waals surface area contributed by atoms with Crippen molar-refractivity contribution < 1.29 is 19.0 Å². The Morgan fingerprint density at radius 3 is 2.74 bits per heavy atom. The van der Waals surface area contributed by atoms with Crippen molar-refractivity contribution in [2.24, 2.45) is 0 Å². The lowest BCUT2D eigenvalue weighted by molar-refractivity contribution is -0.116. The highest BCUT2D eigenvalue weighted by Gasteiger charge is 2.18. The Hall–Kier alpha value is -2.68. The van der Waals surface area contributed by atoms with Crippen molar-refractivity contribution in [3.8, 4) is 23.3 Å². The van der Waals surface area contributed by atoms with Crippen LogP contribution in [0.4, 0.5) is 0 Å². The van der Waals surface area contributed by atoms with Crippen LogP contribution in [0.15, 0.2) is 17.7 Å². The average Bonchev–Trinajstić information content (AvgIpc) is 2.89. The number of carbonyl (C=O) groups excluding carboxylic acids is 1. The molecule has 0 aromatic heterocycles. The molecule has 0 saturated heterocycles. The maximum absolute atomic E-state index is 11.5. The monoisotopic (exact) mass is 260 g/mol. The molecule has 19 heavy (non-hydrogen) atoms. The van der Waals surface area contributed by atoms with E-state index in [0.29, 0.717) is 22.8 Å². The standard InChI is InChI=1S/C13H12N2O4/c1-15-13(16)9(6-14)3-8-4-11-12(19-7-18-11)5-10(8)17-2/h3-5H,7H2,1-2H3,(H,15,16)/b9-3+. The van der Waals surface area contributed by atoms with Gasteiger partial charge in [-0.05, 0) is 12.1 Å². The van der Waals surface area contributed by atoms with Gasteiger partial charge >= 0.3 is 0 Å². The molecule has 1 aliphatic heterocycles. The normalized spacial score (nSPS) is 12.8. The number of methoxy groups -OCH3 is 1. The number of nitriles is 1. The molecular formula is C13H12N2O4. The highest BCUT2D eigenvalue weighted by molar-refractivity contribution is 6.01. The quantitative estimate of drug-likeness (QED) is 0.649. The summed E-state index contributed by atoms with van der Waals surface area (Å²) >= 11 is 0. The average molecular weight is 260 g/mol. The van der Waals surface area contributed by atoms with Gasteiger partial charge in [0.25, 0.3) is 5.91 Å². The third kappa shape index (κ3) is 2.45. The molecule has 6 nitrogen and oxygen atoms in total. The topological polar surface area (TPSA) is 80.6 Å². The van der Waals surface area contributed by atoms with Crippen molar-refractivity contribution in [2.45, 2.75) is 0 Å². The third-order valence-electron chi connectivity index (χ3n) is 2.62. The number of nitrogens with zero attached hydrogens (tertiary/aromatic N) is 1. The van der Waals surface area contributed by atoms with Crippen molar-refractivity contribution in [1.82, 2.24) is 5.32 Å². The summed E-state index contributed by atoms with van der Waals surface area (Å²) in [6.45, 7) is 0.145. The van der Waals surface area contributed by atoms with E-state index in [0.717, 1.165) is 0 Å². The van der Waals surface area contributed by atoms with Gasteiger partial charge in [0.2, 0.25) is 6.79 Å². The number of rotatable bonds is 3. The molecule has 1 aromatic carbocycles. The van der Waals surface area contributed by atoms with Crippen molar-refractivity contribution in [2.75, 3.05) is 21.0 Å². The molecule has 0 spiro atoms. The highest BCUT2D eigenvalue weighted by atomic mass is 16.7. The molecule has 0 fully saturated rings. The number of likely N-dealkylation sites (N-methyl/N-ethyl adjacent to an activating group) is 1. The van der Waals surface area contributed by atoms with E-state index in [4.69, 9.17) is 19.5 Å². The van der Waals surface area contributed by atoms with E-state index < -0.39 is 5.91 Å². The van der Waals surface area contributed by atoms with Crippen LogP contribution in [0.25, 0.3) is 6.08 Å². The summed E-state index contributed by atoms with van der Waals surface area (Å²) in [6, 6.07) is 5.17. The summed E-state index contributed by atoms with van der Waals surface area (Å²) in [5.74, 6) is 1.18. The van der Waals surface area contributed by atoms with Crippen LogP contribution in [0.3, 0.4) is 0 Å². The lowest BCUT2D eigenvalue weighted by atomic mass is 10.1. The minimum atomic E-state index is -0.456. The third-order valence-corrected chi connectivity index (χ3v) is 2.62. The van der Waals surface area contributed by atoms with Crippen LogP contribution < -0.4 is 19.5 Å². The fourth-order valence-electron chi connectivity index (χ4n) is 1.67. The van der Waals surface area contributed by atoms with Crippen LogP contribution in [0.5, 0.6) is 17.2 Å². The Labute approximate surface area is 110 Å². The Kier molecular flexibility index (Phi) is 3.57. The zero-order valence-electron chi connectivity index (χ0n) is 10.5. The van der Waals surface area contributed by atoms with Gasteiger partial charge < -0.3 is 19.5 Å². The number of amides is 1. The van der Waals surface area contributed by atoms with Gasteiger partial charge in [-0.2, -0.15) is 5.26 Å². The molecule has 0 unspecified atom stereocenters. The largest absolute Gasteiger partial charge is 0.496 e. The first kappa shape index (κ1) is 12.8. The van der Waals surface area contributed by atoms with Gasteiger partial charge in [-0.3, -0.25) is 4.79 Å². The zero-order chi connectivity index (χ0) is 13.8. The van der Waals surface area contributed by atoms with Crippen molar-refractivity contribution in [1.29, 1.82) is 5.26 Å². The molecule has 0 aliphatic carbocycles. The van der Waals surface area contributed by atoms with Crippen LogP contribution >= 0.6 is 0 Å². The molecule has 0 bridgehead atoms. The zero-order valence-corrected chi connectivity index (χ0v) is 10.5. The van der Waals surface area contributed by atoms with E-state index >= 15 is 0 Å². The van der Waals surface area contributed by atoms with Crippen molar-refractivity contribution in [3.05, 3.63) is 23.3 Å². The van der Waals surface area contributed by atoms with Gasteiger partial charge in [0.05, 0.1) is 7.11 Å². The SMILES string of the molecule is CNC(=O)/C(C#N)=C/c1cc2c(cc1OC)OCO2. The van der Waals surface area contributed by atoms with Crippen LogP contribution in [0, 0.1) is 11.3 Å². The van der Waals surface area contributed by atoms with Crippen LogP contribution in [0.2, 0.25) is 0 Å². The van der Waals surface area contributed by atoms with E-state index in [1.165, 1.54) is 20.2 Å². The summed E-state index contributed by atoms with van der Waals surface area (Å²) in [7, 11) is 2.96. The smallest absolute Gasteiger partial charge is 0.261 e. The number of fused-ring (bicyclic) bond motifs is 1. The predicted octanol–water partition coefficient (Wildman–Crippen LogP) is 1.08. The second-order valence-electron chi connectivity index (χ2n) is 3.70. The number of hydrogen-bond donors (Lipinski definition) is 1. The Bertz CT molecular complexity index is 587. The Balaban J connectivity index is 2.47. The molecule has 2 rings (SSSR count). The van der Waals surface area contributed by atoms with Gasteiger partial charge in [0.1, 0.15) is 17.4 Å². The first-order valence-corrected chi connectivity index (χ1v) is 5.51. The molecule has 1 amide bonds. The molecule has 0 radical (unpaired) electrons. The summed E-state index contributed by atoms with van der Waals surface area (Å²) in [6.07, 6.45) is 1.44. The molecular weight excluding hydrogens is 248 g/mol. The molecule has 98 valence electrons. The van der Waals surface area contributed by atoms with Gasteiger partial charge in [-0.15, -0.1) is 0 Å².